The molecule has 0 aliphatic rings. The van der Waals surface area contributed by atoms with Gasteiger partial charge in [0.05, 0.1) is 11.0 Å². The molecule has 0 saturated heterocycles. The lowest BCUT2D eigenvalue weighted by atomic mass is 10.1. The molecular formula is C39H22N4OS. The normalized spacial score (nSPS) is 12.0. The van der Waals surface area contributed by atoms with Gasteiger partial charge in [-0.3, -0.25) is 4.57 Å². The first kappa shape index (κ1) is 24.6. The number of para-hydroxylation sites is 2. The van der Waals surface area contributed by atoms with Crippen LogP contribution in [0.3, 0.4) is 0 Å². The van der Waals surface area contributed by atoms with Crippen molar-refractivity contribution < 1.29 is 4.42 Å². The highest BCUT2D eigenvalue weighted by atomic mass is 32.1. The van der Waals surface area contributed by atoms with Gasteiger partial charge in [0.15, 0.2) is 11.6 Å². The van der Waals surface area contributed by atoms with Crippen molar-refractivity contribution >= 4 is 75.3 Å². The van der Waals surface area contributed by atoms with Gasteiger partial charge in [0.2, 0.25) is 5.95 Å². The molecule has 10 aromatic rings. The first-order valence-electron chi connectivity index (χ1n) is 14.9. The Morgan fingerprint density at radius 3 is 2.13 bits per heavy atom. The third-order valence-electron chi connectivity index (χ3n) is 8.67. The molecule has 45 heavy (non-hydrogen) atoms. The number of hydrogen-bond acceptors (Lipinski definition) is 5. The van der Waals surface area contributed by atoms with Crippen molar-refractivity contribution in [1.29, 1.82) is 0 Å². The van der Waals surface area contributed by atoms with Gasteiger partial charge in [-0.2, -0.15) is 9.97 Å². The van der Waals surface area contributed by atoms with E-state index in [-0.39, 0.29) is 0 Å². The van der Waals surface area contributed by atoms with Crippen LogP contribution in [0, 0.1) is 0 Å². The fourth-order valence-corrected chi connectivity index (χ4v) is 7.79. The van der Waals surface area contributed by atoms with Gasteiger partial charge in [-0.05, 0) is 36.4 Å². The smallest absolute Gasteiger partial charge is 0.238 e. The van der Waals surface area contributed by atoms with Crippen LogP contribution in [0.1, 0.15) is 0 Å². The fraction of sp³-hybridized carbons (Fsp3) is 0. The zero-order valence-corrected chi connectivity index (χ0v) is 24.6. The van der Waals surface area contributed by atoms with Crippen molar-refractivity contribution in [3.63, 3.8) is 0 Å². The Labute approximate surface area is 260 Å². The van der Waals surface area contributed by atoms with E-state index < -0.39 is 0 Å². The molecule has 0 unspecified atom stereocenters. The number of rotatable bonds is 3. The molecule has 5 nitrogen and oxygen atoms in total. The lowest BCUT2D eigenvalue weighted by Gasteiger charge is -2.11. The highest BCUT2D eigenvalue weighted by Gasteiger charge is 2.21. The zero-order valence-electron chi connectivity index (χ0n) is 23.8. The summed E-state index contributed by atoms with van der Waals surface area (Å²) in [4.78, 5) is 15.5. The van der Waals surface area contributed by atoms with Crippen LogP contribution in [-0.4, -0.2) is 19.5 Å². The summed E-state index contributed by atoms with van der Waals surface area (Å²) in [6, 6.07) is 46.1. The Morgan fingerprint density at radius 2 is 1.22 bits per heavy atom. The van der Waals surface area contributed by atoms with Crippen molar-refractivity contribution in [3.05, 3.63) is 133 Å². The van der Waals surface area contributed by atoms with Gasteiger partial charge in [0.25, 0.3) is 0 Å². The standard InChI is InChI=1S/C39H22N4OS/c1-2-11-23(12-3-1)37-40-38(27-16-10-19-33-36(27)26-15-5-8-18-32(26)44-33)42-39(41-37)43-30-17-7-4-13-24(30)28-22-35-29(21-31(28)43)25-14-6-9-20-34(25)45-35/h1-22H. The van der Waals surface area contributed by atoms with Crippen LogP contribution in [0.5, 0.6) is 0 Å². The third-order valence-corrected chi connectivity index (χ3v) is 9.80. The molecule has 6 aromatic carbocycles. The van der Waals surface area contributed by atoms with Crippen LogP contribution in [0.15, 0.2) is 138 Å². The molecule has 6 heteroatoms. The van der Waals surface area contributed by atoms with Crippen LogP contribution >= 0.6 is 11.3 Å². The van der Waals surface area contributed by atoms with Crippen LogP contribution in [0.25, 0.3) is 92.6 Å². The summed E-state index contributed by atoms with van der Waals surface area (Å²) in [5.74, 6) is 1.80. The van der Waals surface area contributed by atoms with Gasteiger partial charge in [0.1, 0.15) is 11.2 Å². The average molecular weight is 595 g/mol. The fourth-order valence-electron chi connectivity index (χ4n) is 6.66. The Kier molecular flexibility index (Phi) is 5.09. The van der Waals surface area contributed by atoms with Crippen molar-refractivity contribution in [2.24, 2.45) is 0 Å². The molecule has 0 spiro atoms. The number of benzene rings is 6. The quantitative estimate of drug-likeness (QED) is 0.204. The Balaban J connectivity index is 1.33. The van der Waals surface area contributed by atoms with E-state index in [0.717, 1.165) is 49.5 Å². The number of aromatic nitrogens is 4. The van der Waals surface area contributed by atoms with Crippen molar-refractivity contribution in [1.82, 2.24) is 19.5 Å². The molecule has 10 rings (SSSR count). The summed E-state index contributed by atoms with van der Waals surface area (Å²) < 4.78 is 11.0. The second kappa shape index (κ2) is 9.32. The minimum absolute atomic E-state index is 0.578. The van der Waals surface area contributed by atoms with Gasteiger partial charge in [-0.25, -0.2) is 4.98 Å². The minimum Gasteiger partial charge on any atom is -0.456 e. The Morgan fingerprint density at radius 1 is 0.489 bits per heavy atom. The second-order valence-electron chi connectivity index (χ2n) is 11.2. The van der Waals surface area contributed by atoms with E-state index in [2.05, 4.69) is 77.4 Å². The van der Waals surface area contributed by atoms with E-state index in [9.17, 15) is 0 Å². The second-order valence-corrected chi connectivity index (χ2v) is 12.3. The molecular weight excluding hydrogens is 573 g/mol. The summed E-state index contributed by atoms with van der Waals surface area (Å²) in [6.45, 7) is 0. The van der Waals surface area contributed by atoms with Gasteiger partial charge in [-0.15, -0.1) is 11.3 Å². The SMILES string of the molecule is c1ccc(-c2nc(-c3cccc4oc5ccccc5c34)nc(-n3c4ccccc4c4cc5sc6ccccc6c5cc43)n2)cc1. The molecule has 0 amide bonds. The predicted molar refractivity (Wildman–Crippen MR) is 185 cm³/mol. The van der Waals surface area contributed by atoms with E-state index >= 15 is 0 Å². The molecule has 0 saturated carbocycles. The molecule has 210 valence electrons. The van der Waals surface area contributed by atoms with Gasteiger partial charge in [-0.1, -0.05) is 97.1 Å². The summed E-state index contributed by atoms with van der Waals surface area (Å²) in [6.07, 6.45) is 0. The molecule has 0 N–H and O–H groups in total. The van der Waals surface area contributed by atoms with Crippen LogP contribution in [0.2, 0.25) is 0 Å². The van der Waals surface area contributed by atoms with Gasteiger partial charge < -0.3 is 4.42 Å². The maximum Gasteiger partial charge on any atom is 0.238 e. The lowest BCUT2D eigenvalue weighted by molar-refractivity contribution is 0.669. The first-order valence-corrected chi connectivity index (χ1v) is 15.7. The summed E-state index contributed by atoms with van der Waals surface area (Å²) >= 11 is 1.83. The van der Waals surface area contributed by atoms with E-state index in [1.54, 1.807) is 0 Å². The number of fused-ring (bicyclic) bond motifs is 9. The van der Waals surface area contributed by atoms with Crippen LogP contribution < -0.4 is 0 Å². The van der Waals surface area contributed by atoms with Crippen LogP contribution in [-0.2, 0) is 0 Å². The van der Waals surface area contributed by atoms with E-state index in [1.807, 2.05) is 72.0 Å². The molecule has 0 bridgehead atoms. The molecule has 0 aliphatic heterocycles. The Hall–Kier alpha value is -5.85. The molecule has 0 fully saturated rings. The van der Waals surface area contributed by atoms with Gasteiger partial charge in [0, 0.05) is 52.8 Å². The average Bonchev–Trinajstić information content (AvgIpc) is 3.76. The highest BCUT2D eigenvalue weighted by Crippen LogP contribution is 2.41. The maximum atomic E-state index is 6.24. The zero-order chi connectivity index (χ0) is 29.5. The highest BCUT2D eigenvalue weighted by molar-refractivity contribution is 7.25. The maximum absolute atomic E-state index is 6.24. The Bertz CT molecular complexity index is 2770. The van der Waals surface area contributed by atoms with Gasteiger partial charge >= 0.3 is 0 Å². The monoisotopic (exact) mass is 594 g/mol. The number of thiophene rings is 1. The largest absolute Gasteiger partial charge is 0.456 e. The van der Waals surface area contributed by atoms with E-state index in [0.29, 0.717) is 17.6 Å². The van der Waals surface area contributed by atoms with Crippen LogP contribution in [0.4, 0.5) is 0 Å². The number of furan rings is 1. The van der Waals surface area contributed by atoms with Crippen molar-refractivity contribution in [3.8, 4) is 28.7 Å². The lowest BCUT2D eigenvalue weighted by Crippen LogP contribution is -2.06. The molecule has 0 atom stereocenters. The number of hydrogen-bond donors (Lipinski definition) is 0. The van der Waals surface area contributed by atoms with E-state index in [1.165, 1.54) is 25.6 Å². The summed E-state index contributed by atoms with van der Waals surface area (Å²) in [5, 5.41) is 6.87. The molecule has 0 aliphatic carbocycles. The van der Waals surface area contributed by atoms with E-state index in [4.69, 9.17) is 19.4 Å². The third kappa shape index (κ3) is 3.63. The minimum atomic E-state index is 0.578. The van der Waals surface area contributed by atoms with Crippen molar-refractivity contribution in [2.75, 3.05) is 0 Å². The van der Waals surface area contributed by atoms with Crippen molar-refractivity contribution in [2.45, 2.75) is 0 Å². The molecule has 4 heterocycles. The predicted octanol–water partition coefficient (Wildman–Crippen LogP) is 10.6. The summed E-state index contributed by atoms with van der Waals surface area (Å²) in [7, 11) is 0. The molecule has 4 aromatic heterocycles. The number of nitrogens with zero attached hydrogens (tertiary/aromatic N) is 4. The summed E-state index contributed by atoms with van der Waals surface area (Å²) in [5.41, 5.74) is 5.60. The molecule has 0 radical (unpaired) electrons. The first-order chi connectivity index (χ1) is 22.3. The topological polar surface area (TPSA) is 56.7 Å².